The first-order valence-electron chi connectivity index (χ1n) is 6.44. The third kappa shape index (κ3) is 4.43. The van der Waals surface area contributed by atoms with Gasteiger partial charge >= 0.3 is 0 Å². The van der Waals surface area contributed by atoms with E-state index in [9.17, 15) is 12.8 Å². The predicted octanol–water partition coefficient (Wildman–Crippen LogP) is 1.40. The maximum Gasteiger partial charge on any atom is 0.241 e. The number of aliphatic hydroxyl groups is 1. The van der Waals surface area contributed by atoms with Crippen molar-refractivity contribution in [1.29, 1.82) is 0 Å². The highest BCUT2D eigenvalue weighted by Gasteiger charge is 2.19. The third-order valence-electron chi connectivity index (χ3n) is 3.09. The van der Waals surface area contributed by atoms with E-state index in [4.69, 9.17) is 10.8 Å². The van der Waals surface area contributed by atoms with Gasteiger partial charge in [-0.3, -0.25) is 0 Å². The van der Waals surface area contributed by atoms with Crippen molar-refractivity contribution in [1.82, 2.24) is 4.72 Å². The van der Waals surface area contributed by atoms with Gasteiger partial charge in [0.2, 0.25) is 10.0 Å². The standard InChI is InChI=1S/C13H21FN2O3S/c1-9(8-17)4-3-5-16-20(18,19)13-7-11(15)6-12(14)10(13)2/h6-7,9,16-17H,3-5,8,15H2,1-2H3. The highest BCUT2D eigenvalue weighted by molar-refractivity contribution is 7.89. The molecular formula is C13H21FN2O3S. The van der Waals surface area contributed by atoms with Crippen molar-refractivity contribution < 1.29 is 17.9 Å². The molecule has 0 aliphatic heterocycles. The molecule has 1 aromatic rings. The minimum absolute atomic E-state index is 0.0513. The van der Waals surface area contributed by atoms with Crippen molar-refractivity contribution >= 4 is 15.7 Å². The molecule has 0 saturated heterocycles. The number of nitrogens with two attached hydrogens (primary N) is 1. The summed E-state index contributed by atoms with van der Waals surface area (Å²) in [6.07, 6.45) is 1.31. The lowest BCUT2D eigenvalue weighted by Crippen LogP contribution is -2.26. The summed E-state index contributed by atoms with van der Waals surface area (Å²) in [5.74, 6) is -0.509. The van der Waals surface area contributed by atoms with Crippen LogP contribution >= 0.6 is 0 Å². The van der Waals surface area contributed by atoms with Crippen LogP contribution in [-0.4, -0.2) is 26.7 Å². The molecule has 5 nitrogen and oxygen atoms in total. The average Bonchev–Trinajstić information content (AvgIpc) is 2.38. The Hall–Kier alpha value is -1.18. The minimum Gasteiger partial charge on any atom is -0.399 e. The Morgan fingerprint density at radius 1 is 1.45 bits per heavy atom. The molecule has 1 aromatic carbocycles. The fraction of sp³-hybridized carbons (Fsp3) is 0.538. The average molecular weight is 304 g/mol. The van der Waals surface area contributed by atoms with Gasteiger partial charge < -0.3 is 10.8 Å². The number of hydrogen-bond donors (Lipinski definition) is 3. The summed E-state index contributed by atoms with van der Waals surface area (Å²) in [5.41, 5.74) is 5.60. The van der Waals surface area contributed by atoms with Crippen molar-refractivity contribution in [2.75, 3.05) is 18.9 Å². The van der Waals surface area contributed by atoms with Crippen LogP contribution in [0.25, 0.3) is 0 Å². The fourth-order valence-electron chi connectivity index (χ4n) is 1.78. The first-order chi connectivity index (χ1) is 9.27. The van der Waals surface area contributed by atoms with Crippen LogP contribution in [0.5, 0.6) is 0 Å². The van der Waals surface area contributed by atoms with Crippen LogP contribution in [0.1, 0.15) is 25.3 Å². The van der Waals surface area contributed by atoms with Crippen LogP contribution < -0.4 is 10.5 Å². The molecule has 0 fully saturated rings. The molecule has 1 rings (SSSR count). The molecule has 0 heterocycles. The van der Waals surface area contributed by atoms with Crippen molar-refractivity contribution in [3.63, 3.8) is 0 Å². The quantitative estimate of drug-likeness (QED) is 0.524. The van der Waals surface area contributed by atoms with Gasteiger partial charge in [0.25, 0.3) is 0 Å². The van der Waals surface area contributed by atoms with E-state index in [1.807, 2.05) is 6.92 Å². The van der Waals surface area contributed by atoms with E-state index >= 15 is 0 Å². The SMILES string of the molecule is Cc1c(F)cc(N)cc1S(=O)(=O)NCCCC(C)CO. The van der Waals surface area contributed by atoms with Crippen LogP contribution in [0.2, 0.25) is 0 Å². The third-order valence-corrected chi connectivity index (χ3v) is 4.67. The Kier molecular flexibility index (Phi) is 5.91. The first-order valence-corrected chi connectivity index (χ1v) is 7.92. The summed E-state index contributed by atoms with van der Waals surface area (Å²) in [4.78, 5) is -0.134. The minimum atomic E-state index is -3.77. The summed E-state index contributed by atoms with van der Waals surface area (Å²) in [6, 6.07) is 2.34. The largest absolute Gasteiger partial charge is 0.399 e. The maximum atomic E-state index is 13.5. The lowest BCUT2D eigenvalue weighted by Gasteiger charge is -2.12. The Morgan fingerprint density at radius 2 is 2.10 bits per heavy atom. The number of hydrogen-bond acceptors (Lipinski definition) is 4. The monoisotopic (exact) mass is 304 g/mol. The van der Waals surface area contributed by atoms with Gasteiger partial charge in [0.05, 0.1) is 4.90 Å². The van der Waals surface area contributed by atoms with Crippen LogP contribution in [0.4, 0.5) is 10.1 Å². The normalized spacial score (nSPS) is 13.4. The summed E-state index contributed by atoms with van der Waals surface area (Å²) in [7, 11) is -3.77. The maximum absolute atomic E-state index is 13.5. The van der Waals surface area contributed by atoms with Crippen LogP contribution in [-0.2, 0) is 10.0 Å². The van der Waals surface area contributed by atoms with Crippen LogP contribution in [0.3, 0.4) is 0 Å². The summed E-state index contributed by atoms with van der Waals surface area (Å²) >= 11 is 0. The molecule has 114 valence electrons. The van der Waals surface area contributed by atoms with E-state index in [-0.39, 0.29) is 35.2 Å². The number of anilines is 1. The van der Waals surface area contributed by atoms with E-state index < -0.39 is 15.8 Å². The van der Waals surface area contributed by atoms with Crippen molar-refractivity contribution in [2.24, 2.45) is 5.92 Å². The highest BCUT2D eigenvalue weighted by atomic mass is 32.2. The molecule has 0 spiro atoms. The number of rotatable bonds is 7. The van der Waals surface area contributed by atoms with E-state index in [0.717, 1.165) is 6.07 Å². The number of nitrogens with one attached hydrogen (secondary N) is 1. The first kappa shape index (κ1) is 16.9. The summed E-state index contributed by atoms with van der Waals surface area (Å²) in [5, 5.41) is 8.88. The number of sulfonamides is 1. The number of nitrogen functional groups attached to an aromatic ring is 1. The highest BCUT2D eigenvalue weighted by Crippen LogP contribution is 2.21. The number of benzene rings is 1. The zero-order chi connectivity index (χ0) is 15.3. The van der Waals surface area contributed by atoms with Crippen LogP contribution in [0, 0.1) is 18.7 Å². The van der Waals surface area contributed by atoms with Gasteiger partial charge in [-0.05, 0) is 37.8 Å². The van der Waals surface area contributed by atoms with E-state index in [2.05, 4.69) is 4.72 Å². The summed E-state index contributed by atoms with van der Waals surface area (Å²) in [6.45, 7) is 3.60. The molecule has 0 amide bonds. The van der Waals surface area contributed by atoms with Gasteiger partial charge in [-0.2, -0.15) is 0 Å². The van der Waals surface area contributed by atoms with Gasteiger partial charge in [0, 0.05) is 24.4 Å². The molecule has 0 aliphatic carbocycles. The Labute approximate surface area is 119 Å². The second-order valence-corrected chi connectivity index (χ2v) is 6.69. The topological polar surface area (TPSA) is 92.4 Å². The molecule has 0 aliphatic rings. The molecule has 0 radical (unpaired) electrons. The van der Waals surface area contributed by atoms with E-state index in [0.29, 0.717) is 12.8 Å². The van der Waals surface area contributed by atoms with Gasteiger partial charge in [0.1, 0.15) is 5.82 Å². The molecule has 20 heavy (non-hydrogen) atoms. The molecule has 0 aromatic heterocycles. The lowest BCUT2D eigenvalue weighted by molar-refractivity contribution is 0.228. The van der Waals surface area contributed by atoms with E-state index in [1.165, 1.54) is 13.0 Å². The zero-order valence-corrected chi connectivity index (χ0v) is 12.5. The molecular weight excluding hydrogens is 283 g/mol. The second-order valence-electron chi connectivity index (χ2n) is 4.95. The zero-order valence-electron chi connectivity index (χ0n) is 11.7. The molecule has 4 N–H and O–H groups in total. The molecule has 1 atom stereocenters. The van der Waals surface area contributed by atoms with Crippen molar-refractivity contribution in [3.8, 4) is 0 Å². The van der Waals surface area contributed by atoms with Crippen LogP contribution in [0.15, 0.2) is 17.0 Å². The molecule has 1 unspecified atom stereocenters. The molecule has 0 bridgehead atoms. The second kappa shape index (κ2) is 7.01. The van der Waals surface area contributed by atoms with Gasteiger partial charge in [0.15, 0.2) is 0 Å². The molecule has 7 heteroatoms. The van der Waals surface area contributed by atoms with Gasteiger partial charge in [-0.15, -0.1) is 0 Å². The lowest BCUT2D eigenvalue weighted by atomic mass is 10.1. The number of halogens is 1. The smallest absolute Gasteiger partial charge is 0.241 e. The van der Waals surface area contributed by atoms with Gasteiger partial charge in [-0.1, -0.05) is 6.92 Å². The molecule has 0 saturated carbocycles. The van der Waals surface area contributed by atoms with Crippen molar-refractivity contribution in [2.45, 2.75) is 31.6 Å². The predicted molar refractivity (Wildman–Crippen MR) is 76.2 cm³/mol. The fourth-order valence-corrected chi connectivity index (χ4v) is 3.14. The van der Waals surface area contributed by atoms with Gasteiger partial charge in [-0.25, -0.2) is 17.5 Å². The van der Waals surface area contributed by atoms with E-state index in [1.54, 1.807) is 0 Å². The van der Waals surface area contributed by atoms with Crippen molar-refractivity contribution in [3.05, 3.63) is 23.5 Å². The Morgan fingerprint density at radius 3 is 2.70 bits per heavy atom. The summed E-state index contributed by atoms with van der Waals surface area (Å²) < 4.78 is 40.1. The Bertz CT molecular complexity index is 561. The number of aliphatic hydroxyl groups excluding tert-OH is 1. The Balaban J connectivity index is 2.75.